The molecule has 2 atom stereocenters. The summed E-state index contributed by atoms with van der Waals surface area (Å²) in [6.07, 6.45) is 5.07. The SMILES string of the molecule is CCCC1(CCc2ccccc2)CC(O)=C(C(CCc2ccccc2)c2ccccc2)C(=O)O1. The van der Waals surface area contributed by atoms with Crippen LogP contribution in [-0.4, -0.2) is 16.7 Å². The molecule has 0 aliphatic carbocycles. The second kappa shape index (κ2) is 11.2. The van der Waals surface area contributed by atoms with Crippen LogP contribution in [0, 0.1) is 0 Å². The standard InChI is InChI=1S/C31H34O3/c1-2-21-31(22-20-25-14-8-4-9-15-25)23-28(32)29(30(33)34-31)27(26-16-10-5-11-17-26)19-18-24-12-6-3-7-13-24/h3-17,27,32H,2,18-23H2,1H3. The summed E-state index contributed by atoms with van der Waals surface area (Å²) in [6.45, 7) is 2.10. The van der Waals surface area contributed by atoms with E-state index in [1.54, 1.807) is 0 Å². The molecular weight excluding hydrogens is 420 g/mol. The monoisotopic (exact) mass is 454 g/mol. The maximum Gasteiger partial charge on any atom is 0.338 e. The summed E-state index contributed by atoms with van der Waals surface area (Å²) in [5.41, 5.74) is 3.23. The first-order chi connectivity index (χ1) is 16.6. The van der Waals surface area contributed by atoms with Crippen LogP contribution in [-0.2, 0) is 22.4 Å². The number of benzene rings is 3. The number of carbonyl (C=O) groups is 1. The number of hydrogen-bond acceptors (Lipinski definition) is 3. The maximum absolute atomic E-state index is 13.5. The Labute approximate surface area is 203 Å². The number of esters is 1. The van der Waals surface area contributed by atoms with Gasteiger partial charge in [0, 0.05) is 12.3 Å². The minimum Gasteiger partial charge on any atom is -0.512 e. The van der Waals surface area contributed by atoms with Gasteiger partial charge in [-0.2, -0.15) is 0 Å². The van der Waals surface area contributed by atoms with Gasteiger partial charge < -0.3 is 9.84 Å². The summed E-state index contributed by atoms with van der Waals surface area (Å²) in [5, 5.41) is 11.3. The van der Waals surface area contributed by atoms with Crippen LogP contribution in [0.25, 0.3) is 0 Å². The third-order valence-electron chi connectivity index (χ3n) is 6.86. The highest BCUT2D eigenvalue weighted by Crippen LogP contribution is 2.42. The van der Waals surface area contributed by atoms with Crippen molar-refractivity contribution in [3.8, 4) is 0 Å². The van der Waals surface area contributed by atoms with Crippen molar-refractivity contribution in [1.82, 2.24) is 0 Å². The Morgan fingerprint density at radius 3 is 1.94 bits per heavy atom. The molecule has 3 heteroatoms. The third kappa shape index (κ3) is 5.77. The Hall–Kier alpha value is -3.33. The first kappa shape index (κ1) is 23.8. The molecule has 1 N–H and O–H groups in total. The summed E-state index contributed by atoms with van der Waals surface area (Å²) < 4.78 is 6.22. The van der Waals surface area contributed by atoms with Crippen molar-refractivity contribution >= 4 is 5.97 Å². The van der Waals surface area contributed by atoms with Crippen LogP contribution in [0.15, 0.2) is 102 Å². The van der Waals surface area contributed by atoms with Gasteiger partial charge in [0.15, 0.2) is 0 Å². The maximum atomic E-state index is 13.5. The molecule has 176 valence electrons. The average molecular weight is 455 g/mol. The van der Waals surface area contributed by atoms with Crippen molar-refractivity contribution in [3.63, 3.8) is 0 Å². The molecule has 2 unspecified atom stereocenters. The van der Waals surface area contributed by atoms with Crippen molar-refractivity contribution in [2.24, 2.45) is 0 Å². The zero-order valence-electron chi connectivity index (χ0n) is 20.0. The molecule has 1 aliphatic heterocycles. The van der Waals surface area contributed by atoms with Gasteiger partial charge in [-0.25, -0.2) is 4.79 Å². The largest absolute Gasteiger partial charge is 0.512 e. The Morgan fingerprint density at radius 1 is 0.824 bits per heavy atom. The fourth-order valence-electron chi connectivity index (χ4n) is 5.14. The van der Waals surface area contributed by atoms with Crippen LogP contribution >= 0.6 is 0 Å². The number of hydrogen-bond donors (Lipinski definition) is 1. The average Bonchev–Trinajstić information content (AvgIpc) is 2.86. The molecule has 1 heterocycles. The molecule has 3 aromatic rings. The lowest BCUT2D eigenvalue weighted by Gasteiger charge is -2.39. The second-order valence-corrected chi connectivity index (χ2v) is 9.33. The van der Waals surface area contributed by atoms with Crippen molar-refractivity contribution in [2.45, 2.75) is 63.4 Å². The number of ether oxygens (including phenoxy) is 1. The lowest BCUT2D eigenvalue weighted by molar-refractivity contribution is -0.161. The molecule has 0 fully saturated rings. The molecule has 0 saturated heterocycles. The quantitative estimate of drug-likeness (QED) is 0.326. The van der Waals surface area contributed by atoms with Gasteiger partial charge in [-0.05, 0) is 48.8 Å². The fraction of sp³-hybridized carbons (Fsp3) is 0.323. The Balaban J connectivity index is 1.60. The third-order valence-corrected chi connectivity index (χ3v) is 6.86. The van der Waals surface area contributed by atoms with E-state index in [4.69, 9.17) is 4.74 Å². The topological polar surface area (TPSA) is 46.5 Å². The van der Waals surface area contributed by atoms with E-state index in [0.717, 1.165) is 37.7 Å². The van der Waals surface area contributed by atoms with E-state index in [1.807, 2.05) is 66.7 Å². The summed E-state index contributed by atoms with van der Waals surface area (Å²) in [7, 11) is 0. The van der Waals surface area contributed by atoms with Crippen molar-refractivity contribution < 1.29 is 14.6 Å². The van der Waals surface area contributed by atoms with E-state index in [1.165, 1.54) is 11.1 Å². The molecule has 3 aromatic carbocycles. The summed E-state index contributed by atoms with van der Waals surface area (Å²) in [5.74, 6) is -0.380. The van der Waals surface area contributed by atoms with Crippen LogP contribution in [0.3, 0.4) is 0 Å². The van der Waals surface area contributed by atoms with Crippen LogP contribution in [0.2, 0.25) is 0 Å². The van der Waals surface area contributed by atoms with Gasteiger partial charge >= 0.3 is 5.97 Å². The predicted octanol–water partition coefficient (Wildman–Crippen LogP) is 7.33. The highest BCUT2D eigenvalue weighted by atomic mass is 16.6. The highest BCUT2D eigenvalue weighted by Gasteiger charge is 2.43. The van der Waals surface area contributed by atoms with E-state index in [-0.39, 0.29) is 17.6 Å². The van der Waals surface area contributed by atoms with Gasteiger partial charge in [0.05, 0.1) is 5.57 Å². The van der Waals surface area contributed by atoms with Gasteiger partial charge in [0.2, 0.25) is 0 Å². The molecule has 34 heavy (non-hydrogen) atoms. The molecule has 3 nitrogen and oxygen atoms in total. The van der Waals surface area contributed by atoms with E-state index >= 15 is 0 Å². The Kier molecular flexibility index (Phi) is 7.84. The molecule has 0 saturated carbocycles. The van der Waals surface area contributed by atoms with Crippen LogP contribution in [0.5, 0.6) is 0 Å². The highest BCUT2D eigenvalue weighted by molar-refractivity contribution is 5.92. The van der Waals surface area contributed by atoms with Crippen LogP contribution in [0.4, 0.5) is 0 Å². The minimum atomic E-state index is -0.657. The summed E-state index contributed by atoms with van der Waals surface area (Å²) in [4.78, 5) is 13.5. The van der Waals surface area contributed by atoms with Crippen LogP contribution < -0.4 is 0 Å². The number of aliphatic hydroxyl groups excluding tert-OH is 1. The zero-order chi connectivity index (χ0) is 23.8. The number of rotatable bonds is 10. The van der Waals surface area contributed by atoms with Gasteiger partial charge in [-0.1, -0.05) is 104 Å². The van der Waals surface area contributed by atoms with E-state index in [9.17, 15) is 9.90 Å². The number of carbonyl (C=O) groups excluding carboxylic acids is 1. The Morgan fingerprint density at radius 2 is 1.38 bits per heavy atom. The van der Waals surface area contributed by atoms with Crippen LogP contribution in [0.1, 0.15) is 61.6 Å². The van der Waals surface area contributed by atoms with Crippen molar-refractivity contribution in [2.75, 3.05) is 0 Å². The number of aryl methyl sites for hydroxylation is 2. The van der Waals surface area contributed by atoms with E-state index < -0.39 is 5.60 Å². The van der Waals surface area contributed by atoms with E-state index in [0.29, 0.717) is 18.4 Å². The van der Waals surface area contributed by atoms with Gasteiger partial charge in [-0.3, -0.25) is 0 Å². The summed E-state index contributed by atoms with van der Waals surface area (Å²) in [6, 6.07) is 30.5. The molecule has 0 aromatic heterocycles. The van der Waals surface area contributed by atoms with Gasteiger partial charge in [0.1, 0.15) is 11.4 Å². The zero-order valence-corrected chi connectivity index (χ0v) is 20.0. The van der Waals surface area contributed by atoms with Gasteiger partial charge in [-0.15, -0.1) is 0 Å². The van der Waals surface area contributed by atoms with E-state index in [2.05, 4.69) is 31.2 Å². The smallest absolute Gasteiger partial charge is 0.338 e. The molecular formula is C31H34O3. The molecule has 0 amide bonds. The number of cyclic esters (lactones) is 1. The fourth-order valence-corrected chi connectivity index (χ4v) is 5.14. The van der Waals surface area contributed by atoms with Crippen molar-refractivity contribution in [3.05, 3.63) is 119 Å². The normalized spacial score (nSPS) is 19.0. The summed E-state index contributed by atoms with van der Waals surface area (Å²) >= 11 is 0. The molecule has 4 rings (SSSR count). The molecule has 0 spiro atoms. The molecule has 1 aliphatic rings. The lowest BCUT2D eigenvalue weighted by atomic mass is 9.79. The lowest BCUT2D eigenvalue weighted by Crippen LogP contribution is -2.41. The van der Waals surface area contributed by atoms with Crippen molar-refractivity contribution in [1.29, 1.82) is 0 Å². The second-order valence-electron chi connectivity index (χ2n) is 9.33. The first-order valence-corrected chi connectivity index (χ1v) is 12.4. The first-order valence-electron chi connectivity index (χ1n) is 12.4. The van der Waals surface area contributed by atoms with Gasteiger partial charge in [0.25, 0.3) is 0 Å². The minimum absolute atomic E-state index is 0.194. The molecule has 0 radical (unpaired) electrons. The Bertz CT molecular complexity index is 1090. The predicted molar refractivity (Wildman–Crippen MR) is 137 cm³/mol. The number of aliphatic hydroxyl groups is 1. The molecule has 0 bridgehead atoms.